The fraction of sp³-hybridized carbons (Fsp3) is 0.211. The number of anilines is 1. The first-order valence-corrected chi connectivity index (χ1v) is 7.91. The van der Waals surface area contributed by atoms with Gasteiger partial charge in [0.05, 0.1) is 10.7 Å². The molecule has 3 aromatic rings. The number of carbonyl (C=O) groups excluding carboxylic acids is 1. The summed E-state index contributed by atoms with van der Waals surface area (Å²) in [6, 6.07) is 9.97. The lowest BCUT2D eigenvalue weighted by molar-refractivity contribution is 0.102. The van der Waals surface area contributed by atoms with Crippen LogP contribution in [0, 0.1) is 27.7 Å². The number of nitrogens with one attached hydrogen (secondary N) is 2. The first-order valence-electron chi connectivity index (χ1n) is 7.54. The molecule has 0 aliphatic rings. The Kier molecular flexibility index (Phi) is 3.90. The van der Waals surface area contributed by atoms with Crippen molar-refractivity contribution in [1.82, 2.24) is 4.98 Å². The predicted octanol–water partition coefficient (Wildman–Crippen LogP) is 5.31. The molecular weight excluding hydrogens is 308 g/mol. The summed E-state index contributed by atoms with van der Waals surface area (Å²) in [7, 11) is 0. The van der Waals surface area contributed by atoms with Crippen LogP contribution in [0.1, 0.15) is 32.7 Å². The highest BCUT2D eigenvalue weighted by Gasteiger charge is 2.17. The van der Waals surface area contributed by atoms with E-state index in [1.165, 1.54) is 5.56 Å². The highest BCUT2D eigenvalue weighted by molar-refractivity contribution is 6.34. The Labute approximate surface area is 140 Å². The summed E-state index contributed by atoms with van der Waals surface area (Å²) in [5.41, 5.74) is 6.34. The average molecular weight is 327 g/mol. The molecule has 0 saturated carbocycles. The molecule has 1 heterocycles. The summed E-state index contributed by atoms with van der Waals surface area (Å²) >= 11 is 6.28. The molecular formula is C19H19ClN2O. The summed E-state index contributed by atoms with van der Waals surface area (Å²) in [6.45, 7) is 7.92. The number of rotatable bonds is 2. The summed E-state index contributed by atoms with van der Waals surface area (Å²) in [6.07, 6.45) is 0. The molecule has 0 radical (unpaired) electrons. The molecule has 1 amide bonds. The van der Waals surface area contributed by atoms with Crippen LogP contribution in [0.2, 0.25) is 5.02 Å². The van der Waals surface area contributed by atoms with E-state index in [9.17, 15) is 4.79 Å². The van der Waals surface area contributed by atoms with Crippen molar-refractivity contribution in [3.63, 3.8) is 0 Å². The molecule has 3 rings (SSSR count). The van der Waals surface area contributed by atoms with Crippen molar-refractivity contribution in [1.29, 1.82) is 0 Å². The average Bonchev–Trinajstić information content (AvgIpc) is 2.80. The lowest BCUT2D eigenvalue weighted by Crippen LogP contribution is -2.14. The number of carbonyl (C=O) groups is 1. The van der Waals surface area contributed by atoms with E-state index in [1.54, 1.807) is 0 Å². The number of benzene rings is 2. The van der Waals surface area contributed by atoms with Gasteiger partial charge in [-0.1, -0.05) is 29.3 Å². The molecule has 2 N–H and O–H groups in total. The highest BCUT2D eigenvalue weighted by atomic mass is 35.5. The lowest BCUT2D eigenvalue weighted by Gasteiger charge is -2.11. The maximum Gasteiger partial charge on any atom is 0.272 e. The van der Waals surface area contributed by atoms with Gasteiger partial charge in [-0.25, -0.2) is 0 Å². The van der Waals surface area contributed by atoms with Crippen LogP contribution >= 0.6 is 11.6 Å². The Hall–Kier alpha value is -2.26. The van der Waals surface area contributed by atoms with Gasteiger partial charge in [-0.15, -0.1) is 0 Å². The number of aromatic nitrogens is 1. The second kappa shape index (κ2) is 5.74. The number of H-pyrrole nitrogens is 1. The normalized spacial score (nSPS) is 11.0. The van der Waals surface area contributed by atoms with Crippen LogP contribution in [0.4, 0.5) is 5.69 Å². The minimum Gasteiger partial charge on any atom is -0.350 e. The standard InChI is InChI=1S/C19H19ClN2O/c1-10-5-6-16-14(8-10)13(4)18(21-16)19(23)22-17-12(3)7-11(2)9-15(17)20/h5-9,21H,1-4H3,(H,22,23). The summed E-state index contributed by atoms with van der Waals surface area (Å²) in [5.74, 6) is -0.176. The van der Waals surface area contributed by atoms with E-state index in [4.69, 9.17) is 11.6 Å². The molecule has 0 aliphatic heterocycles. The van der Waals surface area contributed by atoms with E-state index in [1.807, 2.05) is 52.0 Å². The number of halogens is 1. The van der Waals surface area contributed by atoms with Crippen LogP contribution < -0.4 is 5.32 Å². The van der Waals surface area contributed by atoms with Gasteiger partial charge >= 0.3 is 0 Å². The van der Waals surface area contributed by atoms with Crippen molar-refractivity contribution in [3.8, 4) is 0 Å². The monoisotopic (exact) mass is 326 g/mol. The zero-order valence-electron chi connectivity index (χ0n) is 13.7. The maximum atomic E-state index is 12.7. The first kappa shape index (κ1) is 15.6. The van der Waals surface area contributed by atoms with Crippen LogP contribution in [0.5, 0.6) is 0 Å². The fourth-order valence-corrected chi connectivity index (χ4v) is 3.29. The maximum absolute atomic E-state index is 12.7. The Morgan fingerprint density at radius 3 is 2.48 bits per heavy atom. The zero-order valence-corrected chi connectivity index (χ0v) is 14.4. The minimum absolute atomic E-state index is 0.176. The third-order valence-corrected chi connectivity index (χ3v) is 4.41. The second-order valence-electron chi connectivity index (χ2n) is 6.07. The topological polar surface area (TPSA) is 44.9 Å². The van der Waals surface area contributed by atoms with Gasteiger partial charge in [-0.05, 0) is 62.6 Å². The van der Waals surface area contributed by atoms with E-state index >= 15 is 0 Å². The Morgan fingerprint density at radius 1 is 1.04 bits per heavy atom. The first-order chi connectivity index (χ1) is 10.9. The van der Waals surface area contributed by atoms with Crippen LogP contribution in [0.3, 0.4) is 0 Å². The fourth-order valence-electron chi connectivity index (χ4n) is 2.92. The van der Waals surface area contributed by atoms with Crippen molar-refractivity contribution < 1.29 is 4.79 Å². The van der Waals surface area contributed by atoms with Gasteiger partial charge in [0.1, 0.15) is 5.69 Å². The largest absolute Gasteiger partial charge is 0.350 e. The minimum atomic E-state index is -0.176. The van der Waals surface area contributed by atoms with Gasteiger partial charge in [0.25, 0.3) is 5.91 Å². The van der Waals surface area contributed by atoms with Crippen LogP contribution in [0.15, 0.2) is 30.3 Å². The van der Waals surface area contributed by atoms with E-state index in [2.05, 4.69) is 16.4 Å². The predicted molar refractivity (Wildman–Crippen MR) is 96.7 cm³/mol. The van der Waals surface area contributed by atoms with Crippen LogP contribution in [0.25, 0.3) is 10.9 Å². The van der Waals surface area contributed by atoms with Gasteiger partial charge in [0.2, 0.25) is 0 Å². The Bertz CT molecular complexity index is 902. The molecule has 0 spiro atoms. The number of hydrogen-bond acceptors (Lipinski definition) is 1. The van der Waals surface area contributed by atoms with Gasteiger partial charge in [-0.2, -0.15) is 0 Å². The van der Waals surface area contributed by atoms with Gasteiger partial charge in [-0.3, -0.25) is 4.79 Å². The summed E-state index contributed by atoms with van der Waals surface area (Å²) in [4.78, 5) is 15.9. The van der Waals surface area contributed by atoms with Crippen molar-refractivity contribution in [2.45, 2.75) is 27.7 Å². The van der Waals surface area contributed by atoms with E-state index in [0.717, 1.165) is 27.6 Å². The summed E-state index contributed by atoms with van der Waals surface area (Å²) in [5, 5.41) is 4.56. The van der Waals surface area contributed by atoms with Gasteiger partial charge in [0.15, 0.2) is 0 Å². The van der Waals surface area contributed by atoms with E-state index in [0.29, 0.717) is 16.4 Å². The van der Waals surface area contributed by atoms with Gasteiger partial charge in [0, 0.05) is 10.9 Å². The van der Waals surface area contributed by atoms with Crippen molar-refractivity contribution in [2.75, 3.05) is 5.32 Å². The Morgan fingerprint density at radius 2 is 1.78 bits per heavy atom. The molecule has 3 nitrogen and oxygen atoms in total. The Balaban J connectivity index is 2.00. The number of hydrogen-bond donors (Lipinski definition) is 2. The molecule has 2 aromatic carbocycles. The number of fused-ring (bicyclic) bond motifs is 1. The van der Waals surface area contributed by atoms with Gasteiger partial charge < -0.3 is 10.3 Å². The van der Waals surface area contributed by atoms with E-state index in [-0.39, 0.29) is 5.91 Å². The van der Waals surface area contributed by atoms with Crippen molar-refractivity contribution in [3.05, 3.63) is 63.3 Å². The highest BCUT2D eigenvalue weighted by Crippen LogP contribution is 2.29. The third kappa shape index (κ3) is 2.84. The van der Waals surface area contributed by atoms with Crippen molar-refractivity contribution in [2.24, 2.45) is 0 Å². The molecule has 0 fully saturated rings. The van der Waals surface area contributed by atoms with Crippen molar-refractivity contribution >= 4 is 34.1 Å². The molecule has 0 unspecified atom stereocenters. The molecule has 23 heavy (non-hydrogen) atoms. The zero-order chi connectivity index (χ0) is 16.7. The smallest absolute Gasteiger partial charge is 0.272 e. The lowest BCUT2D eigenvalue weighted by atomic mass is 10.1. The molecule has 1 aromatic heterocycles. The molecule has 0 saturated heterocycles. The number of amides is 1. The number of aryl methyl sites for hydroxylation is 4. The number of aromatic amines is 1. The molecule has 0 aliphatic carbocycles. The second-order valence-corrected chi connectivity index (χ2v) is 6.47. The third-order valence-electron chi connectivity index (χ3n) is 4.11. The van der Waals surface area contributed by atoms with Crippen LogP contribution in [-0.4, -0.2) is 10.9 Å². The SMILES string of the molecule is Cc1cc(C)c(NC(=O)c2[nH]c3ccc(C)cc3c2C)c(Cl)c1. The summed E-state index contributed by atoms with van der Waals surface area (Å²) < 4.78 is 0. The van der Waals surface area contributed by atoms with E-state index < -0.39 is 0 Å². The molecule has 0 atom stereocenters. The molecule has 0 bridgehead atoms. The quantitative estimate of drug-likeness (QED) is 0.658. The van der Waals surface area contributed by atoms with Crippen LogP contribution in [-0.2, 0) is 0 Å². The molecule has 118 valence electrons. The molecule has 4 heteroatoms.